The Morgan fingerprint density at radius 1 is 0.500 bits per heavy atom. The molecule has 66 heavy (non-hydrogen) atoms. The maximum absolute atomic E-state index is 9.69. The Morgan fingerprint density at radius 3 is 1.52 bits per heavy atom. The van der Waals surface area contributed by atoms with Crippen molar-refractivity contribution in [1.29, 1.82) is 0 Å². The van der Waals surface area contributed by atoms with Crippen molar-refractivity contribution in [3.63, 3.8) is 0 Å². The van der Waals surface area contributed by atoms with E-state index < -0.39 is 0 Å². The molecule has 0 radical (unpaired) electrons. The molecule has 328 valence electrons. The van der Waals surface area contributed by atoms with Crippen LogP contribution < -0.4 is 20.9 Å². The third-order valence-corrected chi connectivity index (χ3v) is 13.0. The molecule has 6 aromatic heterocycles. The molecule has 0 unspecified atom stereocenters. The number of rotatable bonds is 8. The predicted octanol–water partition coefficient (Wildman–Crippen LogP) is 8.57. The highest BCUT2D eigenvalue weighted by molar-refractivity contribution is 6.00. The van der Waals surface area contributed by atoms with Crippen LogP contribution in [0.15, 0.2) is 147 Å². The van der Waals surface area contributed by atoms with Gasteiger partial charge in [0, 0.05) is 133 Å². The number of aliphatic hydroxyl groups excluding tert-OH is 1. The van der Waals surface area contributed by atoms with E-state index in [4.69, 9.17) is 15.7 Å². The Balaban J connectivity index is 0.000000146. The fourth-order valence-corrected chi connectivity index (χ4v) is 9.47. The summed E-state index contributed by atoms with van der Waals surface area (Å²) >= 11 is 0. The van der Waals surface area contributed by atoms with Gasteiger partial charge in [-0.3, -0.25) is 9.97 Å². The number of hydrogen-bond acceptors (Lipinski definition) is 11. The zero-order valence-electron chi connectivity index (χ0n) is 36.6. The number of anilines is 2. The van der Waals surface area contributed by atoms with Gasteiger partial charge in [0.25, 0.3) is 0 Å². The number of benzene rings is 4. The monoisotopic (exact) mass is 870 g/mol. The number of fused-ring (bicyclic) bond motifs is 4. The van der Waals surface area contributed by atoms with Crippen LogP contribution in [0.5, 0.6) is 0 Å². The number of hydrogen-bond donors (Lipinski definition) is 3. The van der Waals surface area contributed by atoms with E-state index in [2.05, 4.69) is 89.9 Å². The Kier molecular flexibility index (Phi) is 11.3. The van der Waals surface area contributed by atoms with Crippen LogP contribution in [0.1, 0.15) is 30.4 Å². The van der Waals surface area contributed by atoms with Gasteiger partial charge in [0.2, 0.25) is 0 Å². The molecule has 4 aromatic carbocycles. The SMILES string of the molecule is NCc1cccc2c(-c3cnn4cc(-c5ccc(N6CCNCC6)cc5)cnc34)ccnc12.OCc1cccc2c(-c3cnn4cc(-c5ccc(N6CCCCC6)cc5)cnc34)ccnc12. The van der Waals surface area contributed by atoms with Crippen molar-refractivity contribution in [3.05, 3.63) is 158 Å². The molecular weight excluding hydrogens is 821 g/mol. The number of piperidine rings is 1. The zero-order chi connectivity index (χ0) is 44.4. The topological polar surface area (TPSA) is 151 Å². The summed E-state index contributed by atoms with van der Waals surface area (Å²) in [5.74, 6) is 0. The lowest BCUT2D eigenvalue weighted by atomic mass is 10.0. The van der Waals surface area contributed by atoms with Crippen LogP contribution in [0.25, 0.3) is 77.6 Å². The summed E-state index contributed by atoms with van der Waals surface area (Å²) in [6.07, 6.45) is 19.1. The van der Waals surface area contributed by atoms with Gasteiger partial charge in [-0.1, -0.05) is 60.7 Å². The van der Waals surface area contributed by atoms with Gasteiger partial charge in [-0.2, -0.15) is 10.2 Å². The molecule has 0 spiro atoms. The van der Waals surface area contributed by atoms with Crippen LogP contribution in [-0.2, 0) is 13.2 Å². The van der Waals surface area contributed by atoms with E-state index in [1.54, 1.807) is 6.20 Å². The fourth-order valence-electron chi connectivity index (χ4n) is 9.47. The minimum absolute atomic E-state index is 0.0410. The third kappa shape index (κ3) is 7.87. The first-order valence-corrected chi connectivity index (χ1v) is 22.8. The Hall–Kier alpha value is -7.58. The number of nitrogens with one attached hydrogen (secondary N) is 1. The first-order chi connectivity index (χ1) is 32.6. The minimum atomic E-state index is -0.0410. The lowest BCUT2D eigenvalue weighted by Crippen LogP contribution is -2.43. The molecule has 2 aliphatic heterocycles. The lowest BCUT2D eigenvalue weighted by molar-refractivity contribution is 0.283. The second-order valence-electron chi connectivity index (χ2n) is 16.9. The molecule has 0 atom stereocenters. The maximum Gasteiger partial charge on any atom is 0.162 e. The second-order valence-corrected chi connectivity index (χ2v) is 16.9. The number of piperazine rings is 1. The highest BCUT2D eigenvalue weighted by Crippen LogP contribution is 2.34. The molecule has 2 aliphatic rings. The van der Waals surface area contributed by atoms with E-state index in [9.17, 15) is 5.11 Å². The summed E-state index contributed by atoms with van der Waals surface area (Å²) in [5.41, 5.74) is 22.0. The Morgan fingerprint density at radius 2 is 1.00 bits per heavy atom. The van der Waals surface area contributed by atoms with Gasteiger partial charge < -0.3 is 26.0 Å². The number of aromatic nitrogens is 8. The molecule has 0 aliphatic carbocycles. The summed E-state index contributed by atoms with van der Waals surface area (Å²) in [4.78, 5) is 23.5. The average Bonchev–Trinajstić information content (AvgIpc) is 4.03. The number of nitrogens with two attached hydrogens (primary N) is 1. The molecule has 4 N–H and O–H groups in total. The van der Waals surface area contributed by atoms with E-state index in [1.165, 1.54) is 30.6 Å². The molecule has 13 heteroatoms. The number of nitrogens with zero attached hydrogens (tertiary/aromatic N) is 10. The largest absolute Gasteiger partial charge is 0.392 e. The molecule has 0 saturated carbocycles. The maximum atomic E-state index is 9.69. The predicted molar refractivity (Wildman–Crippen MR) is 263 cm³/mol. The van der Waals surface area contributed by atoms with Crippen LogP contribution in [0, 0.1) is 0 Å². The molecule has 0 amide bonds. The van der Waals surface area contributed by atoms with Crippen molar-refractivity contribution in [2.75, 3.05) is 49.1 Å². The van der Waals surface area contributed by atoms with Crippen LogP contribution in [0.3, 0.4) is 0 Å². The van der Waals surface area contributed by atoms with Gasteiger partial charge in [-0.05, 0) is 83.5 Å². The van der Waals surface area contributed by atoms with Crippen LogP contribution in [0.4, 0.5) is 11.4 Å². The van der Waals surface area contributed by atoms with Crippen molar-refractivity contribution in [2.24, 2.45) is 5.73 Å². The van der Waals surface area contributed by atoms with Crippen LogP contribution >= 0.6 is 0 Å². The molecule has 2 saturated heterocycles. The normalized spacial score (nSPS) is 14.3. The van der Waals surface area contributed by atoms with Crippen molar-refractivity contribution < 1.29 is 5.11 Å². The van der Waals surface area contributed by atoms with Gasteiger partial charge in [0.1, 0.15) is 0 Å². The van der Waals surface area contributed by atoms with E-state index >= 15 is 0 Å². The van der Waals surface area contributed by atoms with Crippen molar-refractivity contribution in [2.45, 2.75) is 32.4 Å². The summed E-state index contributed by atoms with van der Waals surface area (Å²) in [7, 11) is 0. The molecule has 13 nitrogen and oxygen atoms in total. The highest BCUT2D eigenvalue weighted by atomic mass is 16.3. The van der Waals surface area contributed by atoms with E-state index in [-0.39, 0.29) is 6.61 Å². The highest BCUT2D eigenvalue weighted by Gasteiger charge is 2.17. The van der Waals surface area contributed by atoms with Crippen LogP contribution in [0.2, 0.25) is 0 Å². The quantitative estimate of drug-likeness (QED) is 0.135. The second kappa shape index (κ2) is 18.1. The molecule has 8 heterocycles. The van der Waals surface area contributed by atoms with Gasteiger partial charge in [0.15, 0.2) is 11.3 Å². The number of para-hydroxylation sites is 2. The van der Waals surface area contributed by atoms with Crippen molar-refractivity contribution in [1.82, 2.24) is 44.5 Å². The van der Waals surface area contributed by atoms with Gasteiger partial charge >= 0.3 is 0 Å². The summed E-state index contributed by atoms with van der Waals surface area (Å²) in [5, 5.41) is 24.3. The zero-order valence-corrected chi connectivity index (χ0v) is 36.6. The Labute approximate surface area is 382 Å². The van der Waals surface area contributed by atoms with Gasteiger partial charge in [-0.25, -0.2) is 19.0 Å². The molecule has 10 aromatic rings. The summed E-state index contributed by atoms with van der Waals surface area (Å²) in [6, 6.07) is 33.5. The first kappa shape index (κ1) is 41.1. The fraction of sp³-hybridized carbons (Fsp3) is 0.208. The van der Waals surface area contributed by atoms with Crippen molar-refractivity contribution in [3.8, 4) is 44.5 Å². The molecular formula is C53H50N12O. The summed E-state index contributed by atoms with van der Waals surface area (Å²) in [6.45, 7) is 6.85. The Bertz CT molecular complexity index is 3090. The summed E-state index contributed by atoms with van der Waals surface area (Å²) < 4.78 is 3.69. The number of pyridine rings is 2. The standard InChI is InChI=1S/C27H25N5O.C26H25N7/c33-18-20-5-4-6-24-23(11-12-28-26(20)24)25-16-30-32-17-21(15-29-27(25)32)19-7-9-22(10-8-19)31-13-2-1-3-14-31;27-14-19-2-1-3-23-22(8-9-29-25(19)23)24-16-31-33-17-20(15-30-26(24)33)18-4-6-21(7-5-18)32-12-10-28-11-13-32/h4-12,15-17,33H,1-3,13-14,18H2;1-9,15-17,28H,10-14,27H2. The first-order valence-electron chi connectivity index (χ1n) is 22.8. The van der Waals surface area contributed by atoms with E-state index in [1.807, 2.05) is 94.9 Å². The minimum Gasteiger partial charge on any atom is -0.392 e. The molecule has 12 rings (SSSR count). The number of aliphatic hydroxyl groups is 1. The smallest absolute Gasteiger partial charge is 0.162 e. The van der Waals surface area contributed by atoms with Crippen LogP contribution in [-0.4, -0.2) is 83.5 Å². The molecule has 0 bridgehead atoms. The third-order valence-electron chi connectivity index (χ3n) is 13.0. The van der Waals surface area contributed by atoms with Crippen molar-refractivity contribution >= 4 is 44.5 Å². The molecule has 2 fully saturated rings. The van der Waals surface area contributed by atoms with E-state index in [0.29, 0.717) is 6.54 Å². The van der Waals surface area contributed by atoms with E-state index in [0.717, 1.165) is 128 Å². The lowest BCUT2D eigenvalue weighted by Gasteiger charge is -2.29. The van der Waals surface area contributed by atoms with Gasteiger partial charge in [-0.15, -0.1) is 0 Å². The van der Waals surface area contributed by atoms with Gasteiger partial charge in [0.05, 0.1) is 30.0 Å². The average molecular weight is 871 g/mol.